The van der Waals surface area contributed by atoms with Crippen LogP contribution in [0.3, 0.4) is 0 Å². The quantitative estimate of drug-likeness (QED) is 0.840. The van der Waals surface area contributed by atoms with Crippen LogP contribution in [0.2, 0.25) is 0 Å². The van der Waals surface area contributed by atoms with Gasteiger partial charge in [-0.2, -0.15) is 0 Å². The highest BCUT2D eigenvalue weighted by Gasteiger charge is 2.12. The van der Waals surface area contributed by atoms with Crippen LogP contribution in [0.25, 0.3) is 11.4 Å². The highest BCUT2D eigenvalue weighted by atomic mass is 16.5. The number of hydrogen-bond acceptors (Lipinski definition) is 4. The van der Waals surface area contributed by atoms with Crippen molar-refractivity contribution < 1.29 is 4.74 Å². The van der Waals surface area contributed by atoms with E-state index in [1.54, 1.807) is 13.4 Å². The third-order valence-electron chi connectivity index (χ3n) is 2.68. The summed E-state index contributed by atoms with van der Waals surface area (Å²) in [7, 11) is 1.63. The summed E-state index contributed by atoms with van der Waals surface area (Å²) in [5.74, 6) is 2.06. The third-order valence-corrected chi connectivity index (χ3v) is 2.68. The molecule has 1 aromatic carbocycles. The molecule has 0 spiro atoms. The summed E-state index contributed by atoms with van der Waals surface area (Å²) in [6.45, 7) is 5.16. The summed E-state index contributed by atoms with van der Waals surface area (Å²) < 4.78 is 7.23. The lowest BCUT2D eigenvalue weighted by molar-refractivity contribution is 0.415. The first-order valence-corrected chi connectivity index (χ1v) is 5.93. The van der Waals surface area contributed by atoms with E-state index in [2.05, 4.69) is 24.0 Å². The molecular weight excluding hydrogens is 228 g/mol. The number of ether oxygens (including phenoxy) is 1. The first-order valence-electron chi connectivity index (χ1n) is 5.93. The fourth-order valence-electron chi connectivity index (χ4n) is 1.85. The van der Waals surface area contributed by atoms with Gasteiger partial charge in [0.15, 0.2) is 5.82 Å². The van der Waals surface area contributed by atoms with E-state index in [0.29, 0.717) is 11.6 Å². The monoisotopic (exact) mass is 246 g/mol. The third kappa shape index (κ3) is 2.45. The summed E-state index contributed by atoms with van der Waals surface area (Å²) in [6, 6.07) is 5.54. The van der Waals surface area contributed by atoms with Gasteiger partial charge < -0.3 is 15.0 Å². The standard InChI is InChI=1S/C13H18N4O/c1-9(2)7-17-8-15-16-13(17)11-6-10(18-3)4-5-12(11)14/h4-6,8-9H,7,14H2,1-3H3. The van der Waals surface area contributed by atoms with Crippen LogP contribution in [-0.4, -0.2) is 21.9 Å². The molecule has 0 radical (unpaired) electrons. The molecule has 2 rings (SSSR count). The predicted molar refractivity (Wildman–Crippen MR) is 71.3 cm³/mol. The molecule has 18 heavy (non-hydrogen) atoms. The number of nitrogens with zero attached hydrogens (tertiary/aromatic N) is 3. The van der Waals surface area contributed by atoms with Crippen LogP contribution in [0.4, 0.5) is 5.69 Å². The average Bonchev–Trinajstić information content (AvgIpc) is 2.77. The Bertz CT molecular complexity index is 534. The molecular formula is C13H18N4O. The Hall–Kier alpha value is -2.04. The first-order chi connectivity index (χ1) is 8.61. The highest BCUT2D eigenvalue weighted by Crippen LogP contribution is 2.28. The van der Waals surface area contributed by atoms with Crippen molar-refractivity contribution in [3.05, 3.63) is 24.5 Å². The van der Waals surface area contributed by atoms with Gasteiger partial charge in [0, 0.05) is 17.8 Å². The van der Waals surface area contributed by atoms with E-state index >= 15 is 0 Å². The van der Waals surface area contributed by atoms with Gasteiger partial charge in [0.1, 0.15) is 12.1 Å². The van der Waals surface area contributed by atoms with Crippen LogP contribution >= 0.6 is 0 Å². The zero-order valence-electron chi connectivity index (χ0n) is 10.9. The smallest absolute Gasteiger partial charge is 0.165 e. The number of aromatic nitrogens is 3. The Kier molecular flexibility index (Phi) is 3.50. The van der Waals surface area contributed by atoms with Gasteiger partial charge in [0.2, 0.25) is 0 Å². The summed E-state index contributed by atoms with van der Waals surface area (Å²) in [5, 5.41) is 8.12. The Morgan fingerprint density at radius 1 is 1.39 bits per heavy atom. The van der Waals surface area contributed by atoms with Crippen LogP contribution in [-0.2, 0) is 6.54 Å². The summed E-state index contributed by atoms with van der Waals surface area (Å²) in [5.41, 5.74) is 7.53. The van der Waals surface area contributed by atoms with Crippen molar-refractivity contribution in [2.45, 2.75) is 20.4 Å². The Morgan fingerprint density at radius 2 is 2.17 bits per heavy atom. The van der Waals surface area contributed by atoms with E-state index in [1.807, 2.05) is 22.8 Å². The van der Waals surface area contributed by atoms with Gasteiger partial charge in [-0.1, -0.05) is 13.8 Å². The molecule has 1 aromatic heterocycles. The lowest BCUT2D eigenvalue weighted by Gasteiger charge is -2.11. The number of anilines is 1. The van der Waals surface area contributed by atoms with E-state index in [1.165, 1.54) is 0 Å². The molecule has 0 atom stereocenters. The number of hydrogen-bond donors (Lipinski definition) is 1. The van der Waals surface area contributed by atoms with Gasteiger partial charge in [-0.15, -0.1) is 10.2 Å². The minimum Gasteiger partial charge on any atom is -0.497 e. The van der Waals surface area contributed by atoms with Gasteiger partial charge >= 0.3 is 0 Å². The largest absolute Gasteiger partial charge is 0.497 e. The van der Waals surface area contributed by atoms with Crippen LogP contribution in [0, 0.1) is 5.92 Å². The minimum atomic E-state index is 0.520. The predicted octanol–water partition coefficient (Wildman–Crippen LogP) is 2.19. The average molecular weight is 246 g/mol. The van der Waals surface area contributed by atoms with Gasteiger partial charge in [-0.3, -0.25) is 0 Å². The van der Waals surface area contributed by atoms with Crippen molar-refractivity contribution in [1.29, 1.82) is 0 Å². The second-order valence-corrected chi connectivity index (χ2v) is 4.65. The SMILES string of the molecule is COc1ccc(N)c(-c2nncn2CC(C)C)c1. The maximum absolute atomic E-state index is 6.00. The molecule has 5 heteroatoms. The van der Waals surface area contributed by atoms with E-state index in [4.69, 9.17) is 10.5 Å². The van der Waals surface area contributed by atoms with Gasteiger partial charge in [-0.25, -0.2) is 0 Å². The first kappa shape index (κ1) is 12.4. The van der Waals surface area contributed by atoms with Gasteiger partial charge in [-0.05, 0) is 24.1 Å². The van der Waals surface area contributed by atoms with E-state index < -0.39 is 0 Å². The molecule has 0 aliphatic carbocycles. The van der Waals surface area contributed by atoms with Gasteiger partial charge in [0.25, 0.3) is 0 Å². The Morgan fingerprint density at radius 3 is 2.83 bits per heavy atom. The number of benzene rings is 1. The van der Waals surface area contributed by atoms with Crippen LogP contribution in [0.5, 0.6) is 5.75 Å². The molecule has 0 bridgehead atoms. The molecule has 0 fully saturated rings. The van der Waals surface area contributed by atoms with Crippen molar-refractivity contribution in [1.82, 2.24) is 14.8 Å². The summed E-state index contributed by atoms with van der Waals surface area (Å²) in [4.78, 5) is 0. The maximum atomic E-state index is 6.00. The molecule has 0 unspecified atom stereocenters. The van der Waals surface area contributed by atoms with Crippen molar-refractivity contribution >= 4 is 5.69 Å². The Labute approximate surface area is 107 Å². The zero-order chi connectivity index (χ0) is 13.1. The number of methoxy groups -OCH3 is 1. The van der Waals surface area contributed by atoms with Crippen LogP contribution in [0.15, 0.2) is 24.5 Å². The van der Waals surface area contributed by atoms with E-state index in [9.17, 15) is 0 Å². The molecule has 0 amide bonds. The summed E-state index contributed by atoms with van der Waals surface area (Å²) in [6.07, 6.45) is 1.73. The number of nitrogens with two attached hydrogens (primary N) is 1. The molecule has 2 aromatic rings. The molecule has 0 saturated heterocycles. The van der Waals surface area contributed by atoms with E-state index in [0.717, 1.165) is 23.7 Å². The fourth-order valence-corrected chi connectivity index (χ4v) is 1.85. The molecule has 5 nitrogen and oxygen atoms in total. The molecule has 1 heterocycles. The van der Waals surface area contributed by atoms with Crippen LogP contribution in [0.1, 0.15) is 13.8 Å². The molecule has 0 aliphatic heterocycles. The second kappa shape index (κ2) is 5.08. The van der Waals surface area contributed by atoms with Crippen molar-refractivity contribution in [3.63, 3.8) is 0 Å². The van der Waals surface area contributed by atoms with Crippen molar-refractivity contribution in [2.75, 3.05) is 12.8 Å². The summed E-state index contributed by atoms with van der Waals surface area (Å²) >= 11 is 0. The maximum Gasteiger partial charge on any atom is 0.165 e. The second-order valence-electron chi connectivity index (χ2n) is 4.65. The highest BCUT2D eigenvalue weighted by molar-refractivity contribution is 5.73. The van der Waals surface area contributed by atoms with Gasteiger partial charge in [0.05, 0.1) is 7.11 Å². The molecule has 0 saturated carbocycles. The molecule has 0 aliphatic rings. The Balaban J connectivity index is 2.45. The van der Waals surface area contributed by atoms with Crippen LogP contribution < -0.4 is 10.5 Å². The normalized spacial score (nSPS) is 10.9. The number of rotatable bonds is 4. The van der Waals surface area contributed by atoms with Crippen molar-refractivity contribution in [2.24, 2.45) is 5.92 Å². The number of nitrogen functional groups attached to an aromatic ring is 1. The van der Waals surface area contributed by atoms with E-state index in [-0.39, 0.29) is 0 Å². The molecule has 96 valence electrons. The van der Waals surface area contributed by atoms with Crippen molar-refractivity contribution in [3.8, 4) is 17.1 Å². The zero-order valence-corrected chi connectivity index (χ0v) is 10.9. The molecule has 2 N–H and O–H groups in total. The minimum absolute atomic E-state index is 0.520. The topological polar surface area (TPSA) is 66.0 Å². The lowest BCUT2D eigenvalue weighted by Crippen LogP contribution is -2.06. The lowest BCUT2D eigenvalue weighted by atomic mass is 10.1. The fraction of sp³-hybridized carbons (Fsp3) is 0.385.